The summed E-state index contributed by atoms with van der Waals surface area (Å²) < 4.78 is 0. The molecular weight excluding hydrogens is 340 g/mol. The van der Waals surface area contributed by atoms with Crippen LogP contribution < -0.4 is 0 Å². The maximum absolute atomic E-state index is 4.67. The third-order valence-electron chi connectivity index (χ3n) is 7.47. The molecule has 0 unspecified atom stereocenters. The van der Waals surface area contributed by atoms with E-state index in [9.17, 15) is 0 Å². The summed E-state index contributed by atoms with van der Waals surface area (Å²) in [4.78, 5) is 9.30. The largest absolute Gasteiger partial charge is 0.286 e. The maximum Gasteiger partial charge on any atom is 0.0907 e. The minimum atomic E-state index is -0.0250. The quantitative estimate of drug-likeness (QED) is 0.493. The Kier molecular flexibility index (Phi) is 2.68. The average molecular weight is 364 g/mol. The van der Waals surface area contributed by atoms with Crippen molar-refractivity contribution in [2.75, 3.05) is 14.1 Å². The molecule has 0 aromatic heterocycles. The summed E-state index contributed by atoms with van der Waals surface area (Å²) in [6, 6.07) is 13.9. The second-order valence-electron chi connectivity index (χ2n) is 9.38. The Morgan fingerprint density at radius 3 is 1.86 bits per heavy atom. The average Bonchev–Trinajstić information content (AvgIpc) is 3.11. The van der Waals surface area contributed by atoms with E-state index in [1.807, 2.05) is 14.1 Å². The molecule has 0 amide bonds. The van der Waals surface area contributed by atoms with Crippen molar-refractivity contribution in [1.82, 2.24) is 0 Å². The lowest BCUT2D eigenvalue weighted by Crippen LogP contribution is -2.24. The van der Waals surface area contributed by atoms with Crippen LogP contribution in [0.4, 0.5) is 0 Å². The van der Waals surface area contributed by atoms with Crippen LogP contribution in [0.1, 0.15) is 61.1 Å². The van der Waals surface area contributed by atoms with E-state index >= 15 is 0 Å². The van der Waals surface area contributed by atoms with Gasteiger partial charge in [0.15, 0.2) is 0 Å². The second kappa shape index (κ2) is 4.63. The monoisotopic (exact) mass is 364 g/mol. The first-order valence-electron chi connectivity index (χ1n) is 10.1. The van der Waals surface area contributed by atoms with Crippen molar-refractivity contribution in [2.24, 2.45) is 9.98 Å². The van der Waals surface area contributed by atoms with Gasteiger partial charge in [0, 0.05) is 41.4 Å². The first kappa shape index (κ1) is 16.2. The summed E-state index contributed by atoms with van der Waals surface area (Å²) in [6.45, 7) is 9.49. The summed E-state index contributed by atoms with van der Waals surface area (Å²) in [5.74, 6) is 0. The number of benzene rings is 3. The van der Waals surface area contributed by atoms with Gasteiger partial charge in [0.2, 0.25) is 0 Å². The SMILES string of the molecule is CN=C1C(=NC)c2cc3c4c5c(ccc1c25)C(C)(C)c1cccc(c1-4)C3(C)C. The van der Waals surface area contributed by atoms with Gasteiger partial charge in [-0.25, -0.2) is 0 Å². The molecule has 3 aromatic carbocycles. The summed E-state index contributed by atoms with van der Waals surface area (Å²) >= 11 is 0. The molecule has 3 aliphatic rings. The normalized spacial score (nSPS) is 21.9. The summed E-state index contributed by atoms with van der Waals surface area (Å²) in [5, 5.41) is 2.78. The molecule has 0 spiro atoms. The van der Waals surface area contributed by atoms with Crippen LogP contribution in [0, 0.1) is 0 Å². The number of nitrogens with zero attached hydrogens (tertiary/aromatic N) is 2. The molecule has 0 fully saturated rings. The van der Waals surface area contributed by atoms with E-state index in [0.717, 1.165) is 11.4 Å². The van der Waals surface area contributed by atoms with Crippen LogP contribution in [0.2, 0.25) is 0 Å². The predicted molar refractivity (Wildman–Crippen MR) is 119 cm³/mol. The minimum absolute atomic E-state index is 0.00990. The molecule has 3 aromatic rings. The molecule has 0 atom stereocenters. The standard InChI is InChI=1S/C26H24N2/c1-25(2)15-8-7-9-16-20(15)22-18(26(16,3)4)12-14-19-13(10-11-17(25)21(19)22)23(27-5)24(14)28-6/h7-12H,1-6H3. The van der Waals surface area contributed by atoms with E-state index < -0.39 is 0 Å². The molecule has 0 aliphatic heterocycles. The molecule has 0 heterocycles. The molecule has 2 heteroatoms. The smallest absolute Gasteiger partial charge is 0.0907 e. The van der Waals surface area contributed by atoms with Crippen molar-refractivity contribution in [1.29, 1.82) is 0 Å². The summed E-state index contributed by atoms with van der Waals surface area (Å²) in [5.41, 5.74) is 13.2. The van der Waals surface area contributed by atoms with Crippen LogP contribution in [0.25, 0.3) is 21.9 Å². The number of aliphatic imine (C=N–C) groups is 2. The molecule has 6 rings (SSSR count). The topological polar surface area (TPSA) is 24.7 Å². The highest BCUT2D eigenvalue weighted by molar-refractivity contribution is 6.61. The van der Waals surface area contributed by atoms with Gasteiger partial charge in [-0.3, -0.25) is 9.98 Å². The van der Waals surface area contributed by atoms with Crippen molar-refractivity contribution in [3.05, 3.63) is 69.8 Å². The van der Waals surface area contributed by atoms with Gasteiger partial charge >= 0.3 is 0 Å². The third kappa shape index (κ3) is 1.48. The van der Waals surface area contributed by atoms with Crippen LogP contribution in [-0.4, -0.2) is 25.5 Å². The van der Waals surface area contributed by atoms with Crippen molar-refractivity contribution in [3.63, 3.8) is 0 Å². The van der Waals surface area contributed by atoms with Crippen LogP contribution in [0.5, 0.6) is 0 Å². The van der Waals surface area contributed by atoms with Gasteiger partial charge in [0.25, 0.3) is 0 Å². The van der Waals surface area contributed by atoms with E-state index in [2.05, 4.69) is 74.1 Å². The fourth-order valence-electron chi connectivity index (χ4n) is 6.08. The van der Waals surface area contributed by atoms with Gasteiger partial charge in [-0.05, 0) is 44.8 Å². The first-order chi connectivity index (χ1) is 13.3. The second-order valence-corrected chi connectivity index (χ2v) is 9.38. The van der Waals surface area contributed by atoms with E-state index in [4.69, 9.17) is 0 Å². The van der Waals surface area contributed by atoms with Gasteiger partial charge in [-0.15, -0.1) is 0 Å². The first-order valence-corrected chi connectivity index (χ1v) is 10.1. The fraction of sp³-hybridized carbons (Fsp3) is 0.308. The molecule has 28 heavy (non-hydrogen) atoms. The van der Waals surface area contributed by atoms with E-state index in [1.54, 1.807) is 0 Å². The molecule has 3 aliphatic carbocycles. The van der Waals surface area contributed by atoms with Crippen molar-refractivity contribution in [3.8, 4) is 11.1 Å². The Hall–Kier alpha value is -2.74. The number of hydrogen-bond donors (Lipinski definition) is 0. The Labute approximate surface area is 166 Å². The molecule has 0 bridgehead atoms. The van der Waals surface area contributed by atoms with Crippen LogP contribution >= 0.6 is 0 Å². The summed E-state index contributed by atoms with van der Waals surface area (Å²) in [7, 11) is 3.77. The van der Waals surface area contributed by atoms with Crippen molar-refractivity contribution < 1.29 is 0 Å². The highest BCUT2D eigenvalue weighted by Gasteiger charge is 2.46. The lowest BCUT2D eigenvalue weighted by molar-refractivity contribution is 0.639. The molecule has 0 N–H and O–H groups in total. The molecule has 0 radical (unpaired) electrons. The molecule has 138 valence electrons. The predicted octanol–water partition coefficient (Wildman–Crippen LogP) is 5.64. The highest BCUT2D eigenvalue weighted by atomic mass is 14.8. The van der Waals surface area contributed by atoms with E-state index in [-0.39, 0.29) is 10.8 Å². The third-order valence-corrected chi connectivity index (χ3v) is 7.47. The molecule has 0 saturated heterocycles. The summed E-state index contributed by atoms with van der Waals surface area (Å²) in [6.07, 6.45) is 0. The Balaban J connectivity index is 1.96. The van der Waals surface area contributed by atoms with Gasteiger partial charge in [-0.2, -0.15) is 0 Å². The van der Waals surface area contributed by atoms with Crippen molar-refractivity contribution in [2.45, 2.75) is 38.5 Å². The number of rotatable bonds is 0. The van der Waals surface area contributed by atoms with Gasteiger partial charge in [0.05, 0.1) is 11.4 Å². The van der Waals surface area contributed by atoms with Crippen LogP contribution in [0.15, 0.2) is 46.4 Å². The minimum Gasteiger partial charge on any atom is -0.286 e. The van der Waals surface area contributed by atoms with Crippen LogP contribution in [0.3, 0.4) is 0 Å². The Morgan fingerprint density at radius 1 is 0.607 bits per heavy atom. The van der Waals surface area contributed by atoms with E-state index in [1.165, 1.54) is 55.3 Å². The fourth-order valence-corrected chi connectivity index (χ4v) is 6.08. The number of hydrogen-bond acceptors (Lipinski definition) is 2. The van der Waals surface area contributed by atoms with Crippen molar-refractivity contribution >= 4 is 22.2 Å². The zero-order valence-corrected chi connectivity index (χ0v) is 17.4. The molecular formula is C26H24N2. The maximum atomic E-state index is 4.67. The van der Waals surface area contributed by atoms with Gasteiger partial charge < -0.3 is 0 Å². The van der Waals surface area contributed by atoms with Gasteiger partial charge in [0.1, 0.15) is 0 Å². The zero-order valence-electron chi connectivity index (χ0n) is 17.4. The van der Waals surface area contributed by atoms with E-state index in [0.29, 0.717) is 0 Å². The van der Waals surface area contributed by atoms with Gasteiger partial charge in [-0.1, -0.05) is 58.0 Å². The Bertz CT molecular complexity index is 1320. The lowest BCUT2D eigenvalue weighted by Gasteiger charge is -2.35. The van der Waals surface area contributed by atoms with Crippen LogP contribution in [-0.2, 0) is 10.8 Å². The Morgan fingerprint density at radius 2 is 1.21 bits per heavy atom. The highest BCUT2D eigenvalue weighted by Crippen LogP contribution is 2.60. The zero-order chi connectivity index (χ0) is 19.6. The lowest BCUT2D eigenvalue weighted by atomic mass is 9.68. The molecule has 2 nitrogen and oxygen atoms in total. The molecule has 0 saturated carbocycles.